The Kier molecular flexibility index (Phi) is 7.83. The van der Waals surface area contributed by atoms with Crippen LogP contribution in [0.3, 0.4) is 0 Å². The second kappa shape index (κ2) is 10.6. The molecule has 10 heteroatoms. The summed E-state index contributed by atoms with van der Waals surface area (Å²) in [5.74, 6) is -1.06. The Morgan fingerprint density at radius 1 is 1.19 bits per heavy atom. The van der Waals surface area contributed by atoms with Gasteiger partial charge >= 0.3 is 5.97 Å². The number of aromatic nitrogens is 1. The summed E-state index contributed by atoms with van der Waals surface area (Å²) in [7, 11) is 1.51. The molecular formula is C21H21N3O4S3. The van der Waals surface area contributed by atoms with Gasteiger partial charge in [-0.2, -0.15) is 0 Å². The first-order valence-electron chi connectivity index (χ1n) is 9.40. The van der Waals surface area contributed by atoms with Crippen LogP contribution in [0.4, 0.5) is 5.00 Å². The summed E-state index contributed by atoms with van der Waals surface area (Å²) >= 11 is 3.84. The summed E-state index contributed by atoms with van der Waals surface area (Å²) < 4.78 is 5.87. The van der Waals surface area contributed by atoms with Gasteiger partial charge in [0.2, 0.25) is 5.91 Å². The second-order valence-electron chi connectivity index (χ2n) is 6.26. The van der Waals surface area contributed by atoms with Crippen molar-refractivity contribution in [3.05, 3.63) is 51.7 Å². The molecule has 0 aliphatic rings. The number of thiazole rings is 1. The van der Waals surface area contributed by atoms with Crippen molar-refractivity contribution in [2.45, 2.75) is 18.2 Å². The Labute approximate surface area is 192 Å². The molecule has 0 radical (unpaired) electrons. The number of thiophene rings is 1. The van der Waals surface area contributed by atoms with Gasteiger partial charge in [0.15, 0.2) is 4.34 Å². The summed E-state index contributed by atoms with van der Waals surface area (Å²) in [6, 6.07) is 9.81. The van der Waals surface area contributed by atoms with Crippen LogP contribution in [0.1, 0.15) is 32.5 Å². The molecule has 31 heavy (non-hydrogen) atoms. The molecule has 2 heterocycles. The van der Waals surface area contributed by atoms with Crippen molar-refractivity contribution in [2.24, 2.45) is 0 Å². The van der Waals surface area contributed by atoms with Crippen LogP contribution in [0.5, 0.6) is 0 Å². The summed E-state index contributed by atoms with van der Waals surface area (Å²) in [6.07, 6.45) is 0. The maximum absolute atomic E-state index is 12.6. The Bertz CT molecular complexity index is 1090. The van der Waals surface area contributed by atoms with Crippen molar-refractivity contribution < 1.29 is 19.1 Å². The first-order valence-corrected chi connectivity index (χ1v) is 12.1. The van der Waals surface area contributed by atoms with Gasteiger partial charge in [0, 0.05) is 18.0 Å². The number of hydrogen-bond donors (Lipinski definition) is 2. The summed E-state index contributed by atoms with van der Waals surface area (Å²) in [5, 5.41) is 7.56. The van der Waals surface area contributed by atoms with E-state index in [1.807, 2.05) is 35.7 Å². The Balaban J connectivity index is 1.71. The number of nitrogens with zero attached hydrogens (tertiary/aromatic N) is 1. The SMILES string of the molecule is CCOC(=O)c1c(NC(=O)CSc2nc(-c3ccccc3)cs2)sc(C(=O)NC)c1C. The molecule has 0 saturated carbocycles. The quantitative estimate of drug-likeness (QED) is 0.369. The van der Waals surface area contributed by atoms with E-state index in [0.29, 0.717) is 15.4 Å². The molecule has 0 bridgehead atoms. The lowest BCUT2D eigenvalue weighted by molar-refractivity contribution is -0.113. The van der Waals surface area contributed by atoms with Gasteiger partial charge in [-0.15, -0.1) is 22.7 Å². The third-order valence-electron chi connectivity index (χ3n) is 4.19. The summed E-state index contributed by atoms with van der Waals surface area (Å²) in [6.45, 7) is 3.56. The number of ether oxygens (including phenoxy) is 1. The summed E-state index contributed by atoms with van der Waals surface area (Å²) in [4.78, 5) is 42.0. The molecule has 1 aromatic carbocycles. The van der Waals surface area contributed by atoms with Crippen LogP contribution in [0.25, 0.3) is 11.3 Å². The lowest BCUT2D eigenvalue weighted by Crippen LogP contribution is -2.18. The minimum atomic E-state index is -0.568. The van der Waals surface area contributed by atoms with Crippen LogP contribution in [-0.2, 0) is 9.53 Å². The molecule has 0 aliphatic heterocycles. The minimum Gasteiger partial charge on any atom is -0.462 e. The zero-order chi connectivity index (χ0) is 22.4. The van der Waals surface area contributed by atoms with E-state index in [9.17, 15) is 14.4 Å². The third kappa shape index (κ3) is 5.52. The zero-order valence-electron chi connectivity index (χ0n) is 17.2. The number of esters is 1. The van der Waals surface area contributed by atoms with Crippen LogP contribution in [-0.4, -0.2) is 42.2 Å². The van der Waals surface area contributed by atoms with Crippen LogP contribution >= 0.6 is 34.4 Å². The maximum Gasteiger partial charge on any atom is 0.341 e. The molecule has 3 rings (SSSR count). The fourth-order valence-electron chi connectivity index (χ4n) is 2.74. The molecule has 3 aromatic rings. The van der Waals surface area contributed by atoms with E-state index < -0.39 is 5.97 Å². The fourth-order valence-corrected chi connectivity index (χ4v) is 5.53. The van der Waals surface area contributed by atoms with Crippen molar-refractivity contribution in [3.8, 4) is 11.3 Å². The smallest absolute Gasteiger partial charge is 0.341 e. The van der Waals surface area contributed by atoms with Crippen molar-refractivity contribution in [1.82, 2.24) is 10.3 Å². The highest BCUT2D eigenvalue weighted by Gasteiger charge is 2.26. The number of carbonyl (C=O) groups excluding carboxylic acids is 3. The van der Waals surface area contributed by atoms with Gasteiger partial charge in [-0.05, 0) is 19.4 Å². The zero-order valence-corrected chi connectivity index (χ0v) is 19.6. The number of nitrogens with one attached hydrogen (secondary N) is 2. The van der Waals surface area contributed by atoms with Gasteiger partial charge in [0.25, 0.3) is 5.91 Å². The molecule has 0 atom stereocenters. The molecule has 2 aromatic heterocycles. The summed E-state index contributed by atoms with van der Waals surface area (Å²) in [5.41, 5.74) is 2.58. The van der Waals surface area contributed by atoms with E-state index in [0.717, 1.165) is 26.9 Å². The average molecular weight is 476 g/mol. The molecule has 0 unspecified atom stereocenters. The van der Waals surface area contributed by atoms with E-state index in [2.05, 4.69) is 15.6 Å². The van der Waals surface area contributed by atoms with Crippen LogP contribution < -0.4 is 10.6 Å². The predicted octanol–water partition coefficient (Wildman–Crippen LogP) is 4.45. The molecule has 0 aliphatic carbocycles. The monoisotopic (exact) mass is 475 g/mol. The Morgan fingerprint density at radius 2 is 1.94 bits per heavy atom. The van der Waals surface area contributed by atoms with Gasteiger partial charge < -0.3 is 15.4 Å². The molecule has 0 fully saturated rings. The van der Waals surface area contributed by atoms with Gasteiger partial charge in [-0.3, -0.25) is 9.59 Å². The lowest BCUT2D eigenvalue weighted by Gasteiger charge is -2.06. The van der Waals surface area contributed by atoms with Crippen molar-refractivity contribution in [2.75, 3.05) is 24.7 Å². The van der Waals surface area contributed by atoms with Crippen molar-refractivity contribution in [3.63, 3.8) is 0 Å². The molecule has 162 valence electrons. The van der Waals surface area contributed by atoms with E-state index in [1.54, 1.807) is 13.8 Å². The van der Waals surface area contributed by atoms with E-state index in [4.69, 9.17) is 4.74 Å². The molecule has 7 nitrogen and oxygen atoms in total. The van der Waals surface area contributed by atoms with Crippen LogP contribution in [0.2, 0.25) is 0 Å². The highest BCUT2D eigenvalue weighted by atomic mass is 32.2. The number of rotatable bonds is 8. The van der Waals surface area contributed by atoms with Gasteiger partial charge in [0.1, 0.15) is 5.00 Å². The normalized spacial score (nSPS) is 10.5. The van der Waals surface area contributed by atoms with E-state index in [1.165, 1.54) is 30.1 Å². The standard InChI is InChI=1S/C21H21N3O4S3/c1-4-28-20(27)16-12(2)17(18(26)22-3)31-19(16)24-15(25)11-30-21-23-14(10-29-21)13-8-6-5-7-9-13/h5-10H,4,11H2,1-3H3,(H,22,26)(H,24,25). The maximum atomic E-state index is 12.6. The number of carbonyl (C=O) groups is 3. The fraction of sp³-hybridized carbons (Fsp3) is 0.238. The van der Waals surface area contributed by atoms with Crippen LogP contribution in [0, 0.1) is 6.92 Å². The topological polar surface area (TPSA) is 97.4 Å². The largest absolute Gasteiger partial charge is 0.462 e. The molecule has 0 saturated heterocycles. The Hall–Kier alpha value is -2.69. The predicted molar refractivity (Wildman–Crippen MR) is 125 cm³/mol. The molecule has 0 spiro atoms. The number of thioether (sulfide) groups is 1. The minimum absolute atomic E-state index is 0.121. The van der Waals surface area contributed by atoms with Gasteiger partial charge in [-0.25, -0.2) is 9.78 Å². The highest BCUT2D eigenvalue weighted by molar-refractivity contribution is 8.01. The lowest BCUT2D eigenvalue weighted by atomic mass is 10.1. The van der Waals surface area contributed by atoms with Gasteiger partial charge in [0.05, 0.1) is 28.5 Å². The first-order chi connectivity index (χ1) is 14.9. The molecular weight excluding hydrogens is 454 g/mol. The highest BCUT2D eigenvalue weighted by Crippen LogP contribution is 2.34. The Morgan fingerprint density at radius 3 is 2.61 bits per heavy atom. The van der Waals surface area contributed by atoms with Crippen molar-refractivity contribution in [1.29, 1.82) is 0 Å². The van der Waals surface area contributed by atoms with E-state index >= 15 is 0 Å². The third-order valence-corrected chi connectivity index (χ3v) is 7.42. The first kappa shape index (κ1) is 23.0. The average Bonchev–Trinajstić information content (AvgIpc) is 3.37. The van der Waals surface area contributed by atoms with Crippen molar-refractivity contribution >= 4 is 57.2 Å². The number of amides is 2. The number of benzene rings is 1. The van der Waals surface area contributed by atoms with E-state index in [-0.39, 0.29) is 29.7 Å². The second-order valence-corrected chi connectivity index (χ2v) is 9.36. The number of hydrogen-bond acceptors (Lipinski definition) is 8. The van der Waals surface area contributed by atoms with Gasteiger partial charge in [-0.1, -0.05) is 42.1 Å². The van der Waals surface area contributed by atoms with Crippen LogP contribution in [0.15, 0.2) is 40.1 Å². The number of anilines is 1. The molecule has 2 amide bonds. The molecule has 2 N–H and O–H groups in total.